The van der Waals surface area contributed by atoms with Gasteiger partial charge in [-0.15, -0.1) is 0 Å². The molecule has 1 atom stereocenters. The SMILES string of the molecule is O=C(O)CC(NC(=O)C1Cc2ccccc2C1)C(=O)O. The van der Waals surface area contributed by atoms with Crippen LogP contribution in [0.15, 0.2) is 24.3 Å². The van der Waals surface area contributed by atoms with Crippen molar-refractivity contribution in [3.8, 4) is 0 Å². The van der Waals surface area contributed by atoms with E-state index in [9.17, 15) is 14.4 Å². The number of hydrogen-bond donors (Lipinski definition) is 3. The van der Waals surface area contributed by atoms with Crippen molar-refractivity contribution in [1.82, 2.24) is 5.32 Å². The fourth-order valence-corrected chi connectivity index (χ4v) is 2.41. The first-order valence-corrected chi connectivity index (χ1v) is 6.29. The summed E-state index contributed by atoms with van der Waals surface area (Å²) in [6.45, 7) is 0. The average Bonchev–Trinajstić information content (AvgIpc) is 2.81. The average molecular weight is 277 g/mol. The molecule has 0 fully saturated rings. The Morgan fingerprint density at radius 1 is 1.15 bits per heavy atom. The highest BCUT2D eigenvalue weighted by Gasteiger charge is 2.30. The number of rotatable bonds is 5. The number of amides is 1. The van der Waals surface area contributed by atoms with Crippen LogP contribution >= 0.6 is 0 Å². The third-order valence-electron chi connectivity index (χ3n) is 3.42. The number of benzene rings is 1. The predicted octanol–water partition coefficient (Wildman–Crippen LogP) is 0.445. The third-order valence-corrected chi connectivity index (χ3v) is 3.42. The van der Waals surface area contributed by atoms with Crippen molar-refractivity contribution in [1.29, 1.82) is 0 Å². The van der Waals surface area contributed by atoms with E-state index in [1.54, 1.807) is 0 Å². The lowest BCUT2D eigenvalue weighted by atomic mass is 10.0. The summed E-state index contributed by atoms with van der Waals surface area (Å²) in [6.07, 6.45) is 0.490. The van der Waals surface area contributed by atoms with Gasteiger partial charge in [-0.3, -0.25) is 9.59 Å². The Bertz CT molecular complexity index is 529. The van der Waals surface area contributed by atoms with Crippen LogP contribution < -0.4 is 5.32 Å². The van der Waals surface area contributed by atoms with E-state index in [4.69, 9.17) is 10.2 Å². The fourth-order valence-electron chi connectivity index (χ4n) is 2.41. The Balaban J connectivity index is 1.99. The summed E-state index contributed by atoms with van der Waals surface area (Å²) < 4.78 is 0. The van der Waals surface area contributed by atoms with Gasteiger partial charge in [-0.1, -0.05) is 24.3 Å². The molecule has 1 aromatic rings. The van der Waals surface area contributed by atoms with Gasteiger partial charge in [0, 0.05) is 5.92 Å². The van der Waals surface area contributed by atoms with Gasteiger partial charge in [0.05, 0.1) is 6.42 Å². The molecule has 3 N–H and O–H groups in total. The largest absolute Gasteiger partial charge is 0.481 e. The molecular weight excluding hydrogens is 262 g/mol. The summed E-state index contributed by atoms with van der Waals surface area (Å²) in [4.78, 5) is 33.5. The topological polar surface area (TPSA) is 104 Å². The van der Waals surface area contributed by atoms with E-state index < -0.39 is 30.3 Å². The van der Waals surface area contributed by atoms with Gasteiger partial charge >= 0.3 is 11.9 Å². The normalized spacial score (nSPS) is 15.4. The summed E-state index contributed by atoms with van der Waals surface area (Å²) in [6, 6.07) is 6.28. The summed E-state index contributed by atoms with van der Waals surface area (Å²) in [7, 11) is 0. The minimum absolute atomic E-state index is 0.331. The van der Waals surface area contributed by atoms with E-state index in [1.165, 1.54) is 0 Å². The van der Waals surface area contributed by atoms with Crippen LogP contribution in [0.4, 0.5) is 0 Å². The molecule has 0 radical (unpaired) electrons. The minimum Gasteiger partial charge on any atom is -0.481 e. The minimum atomic E-state index is -1.39. The highest BCUT2D eigenvalue weighted by atomic mass is 16.4. The first-order valence-electron chi connectivity index (χ1n) is 6.29. The van der Waals surface area contributed by atoms with Gasteiger partial charge in [-0.05, 0) is 24.0 Å². The lowest BCUT2D eigenvalue weighted by Crippen LogP contribution is -2.45. The number of nitrogens with one attached hydrogen (secondary N) is 1. The van der Waals surface area contributed by atoms with Crippen molar-refractivity contribution < 1.29 is 24.6 Å². The lowest BCUT2D eigenvalue weighted by molar-refractivity contribution is -0.147. The second-order valence-corrected chi connectivity index (χ2v) is 4.87. The van der Waals surface area contributed by atoms with Gasteiger partial charge in [-0.2, -0.15) is 0 Å². The molecule has 20 heavy (non-hydrogen) atoms. The number of aliphatic carboxylic acids is 2. The standard InChI is InChI=1S/C14H15NO5/c16-12(17)7-11(14(19)20)15-13(18)10-5-8-3-1-2-4-9(8)6-10/h1-4,10-11H,5-7H2,(H,15,18)(H,16,17)(H,19,20). The molecule has 1 aromatic carbocycles. The lowest BCUT2D eigenvalue weighted by Gasteiger charge is -2.15. The second kappa shape index (κ2) is 5.73. The Kier molecular flexibility index (Phi) is 4.02. The third kappa shape index (κ3) is 3.14. The van der Waals surface area contributed by atoms with Gasteiger partial charge in [0.25, 0.3) is 0 Å². The molecule has 2 rings (SSSR count). The van der Waals surface area contributed by atoms with Crippen LogP contribution in [0.2, 0.25) is 0 Å². The number of fused-ring (bicyclic) bond motifs is 1. The van der Waals surface area contributed by atoms with E-state index in [-0.39, 0.29) is 5.92 Å². The number of carboxylic acid groups (broad SMARTS) is 2. The van der Waals surface area contributed by atoms with Crippen LogP contribution in [0.25, 0.3) is 0 Å². The molecule has 6 heteroatoms. The molecule has 0 saturated heterocycles. The van der Waals surface area contributed by atoms with Gasteiger partial charge in [0.1, 0.15) is 6.04 Å². The van der Waals surface area contributed by atoms with Crippen molar-refractivity contribution in [3.63, 3.8) is 0 Å². The number of carbonyl (C=O) groups excluding carboxylic acids is 1. The molecule has 0 aromatic heterocycles. The smallest absolute Gasteiger partial charge is 0.326 e. The zero-order valence-corrected chi connectivity index (χ0v) is 10.7. The summed E-state index contributed by atoms with van der Waals surface area (Å²) in [5.74, 6) is -3.33. The van der Waals surface area contributed by atoms with E-state index >= 15 is 0 Å². The Labute approximate surface area is 115 Å². The van der Waals surface area contributed by atoms with E-state index in [0.717, 1.165) is 11.1 Å². The highest BCUT2D eigenvalue weighted by Crippen LogP contribution is 2.26. The number of carboxylic acids is 2. The zero-order valence-electron chi connectivity index (χ0n) is 10.7. The molecule has 0 spiro atoms. The van der Waals surface area contributed by atoms with Gasteiger partial charge < -0.3 is 15.5 Å². The van der Waals surface area contributed by atoms with Crippen LogP contribution in [0.1, 0.15) is 17.5 Å². The molecule has 6 nitrogen and oxygen atoms in total. The van der Waals surface area contributed by atoms with Gasteiger partial charge in [0.2, 0.25) is 5.91 Å². The van der Waals surface area contributed by atoms with Crippen molar-refractivity contribution in [2.24, 2.45) is 5.92 Å². The Hall–Kier alpha value is -2.37. The van der Waals surface area contributed by atoms with E-state index in [0.29, 0.717) is 12.8 Å². The molecule has 1 aliphatic rings. The number of hydrogen-bond acceptors (Lipinski definition) is 3. The molecule has 106 valence electrons. The first kappa shape index (κ1) is 14.0. The molecule has 1 unspecified atom stereocenters. The number of carbonyl (C=O) groups is 3. The van der Waals surface area contributed by atoms with E-state index in [2.05, 4.69) is 5.32 Å². The van der Waals surface area contributed by atoms with E-state index in [1.807, 2.05) is 24.3 Å². The van der Waals surface area contributed by atoms with Crippen LogP contribution in [0, 0.1) is 5.92 Å². The predicted molar refractivity (Wildman–Crippen MR) is 69.2 cm³/mol. The van der Waals surface area contributed by atoms with Crippen LogP contribution in [-0.4, -0.2) is 34.1 Å². The maximum absolute atomic E-state index is 12.0. The fraction of sp³-hybridized carbons (Fsp3) is 0.357. The molecular formula is C14H15NO5. The van der Waals surface area contributed by atoms with Crippen molar-refractivity contribution in [2.45, 2.75) is 25.3 Å². The quantitative estimate of drug-likeness (QED) is 0.724. The summed E-state index contributed by atoms with van der Waals surface area (Å²) in [5, 5.41) is 19.9. The summed E-state index contributed by atoms with van der Waals surface area (Å²) in [5.41, 5.74) is 2.16. The monoisotopic (exact) mass is 277 g/mol. The maximum atomic E-state index is 12.0. The van der Waals surface area contributed by atoms with Crippen LogP contribution in [0.3, 0.4) is 0 Å². The van der Waals surface area contributed by atoms with Gasteiger partial charge in [0.15, 0.2) is 0 Å². The second-order valence-electron chi connectivity index (χ2n) is 4.87. The van der Waals surface area contributed by atoms with Crippen molar-refractivity contribution in [3.05, 3.63) is 35.4 Å². The van der Waals surface area contributed by atoms with Gasteiger partial charge in [-0.25, -0.2) is 4.79 Å². The molecule has 1 aliphatic carbocycles. The molecule has 0 saturated carbocycles. The first-order chi connectivity index (χ1) is 9.47. The molecule has 0 aliphatic heterocycles. The Morgan fingerprint density at radius 2 is 1.70 bits per heavy atom. The van der Waals surface area contributed by atoms with Crippen LogP contribution in [-0.2, 0) is 27.2 Å². The zero-order chi connectivity index (χ0) is 14.7. The Morgan fingerprint density at radius 3 is 2.15 bits per heavy atom. The molecule has 0 heterocycles. The van der Waals surface area contributed by atoms with Crippen molar-refractivity contribution >= 4 is 17.8 Å². The summed E-state index contributed by atoms with van der Waals surface area (Å²) >= 11 is 0. The molecule has 0 bridgehead atoms. The molecule has 1 amide bonds. The maximum Gasteiger partial charge on any atom is 0.326 e. The highest BCUT2D eigenvalue weighted by molar-refractivity contribution is 5.88. The van der Waals surface area contributed by atoms with Crippen LogP contribution in [0.5, 0.6) is 0 Å². The van der Waals surface area contributed by atoms with Crippen molar-refractivity contribution in [2.75, 3.05) is 0 Å².